The number of aliphatic imine (C=N–C) groups is 2. The van der Waals surface area contributed by atoms with Crippen LogP contribution in [-0.4, -0.2) is 11.7 Å². The Morgan fingerprint density at radius 1 is 0.643 bits per heavy atom. The van der Waals surface area contributed by atoms with Gasteiger partial charge in [0, 0.05) is 54.3 Å². The molecular weight excluding hydrogens is 703 g/mol. The second kappa shape index (κ2) is 12.2. The van der Waals surface area contributed by atoms with Crippen LogP contribution in [0.5, 0.6) is 11.5 Å². The molecule has 1 spiro atoms. The number of nitrogens with one attached hydrogen (secondary N) is 1. The Labute approximate surface area is 329 Å². The summed E-state index contributed by atoms with van der Waals surface area (Å²) in [5.74, 6) is 4.04. The highest BCUT2D eigenvalue weighted by Gasteiger charge is 2.57. The first-order chi connectivity index (χ1) is 27.7. The van der Waals surface area contributed by atoms with Gasteiger partial charge in [-0.15, -0.1) is 11.3 Å². The third-order valence-electron chi connectivity index (χ3n) is 12.3. The minimum atomic E-state index is -0.281. The van der Waals surface area contributed by atoms with Crippen LogP contribution in [0.15, 0.2) is 197 Å². The third-order valence-corrected chi connectivity index (χ3v) is 13.5. The molecule has 7 aromatic rings. The smallest absolute Gasteiger partial charge is 0.159 e. The number of hydrogen-bond donors (Lipinski definition) is 1. The standard InChI is InChI=1S/C51H35N3OS/c1-2-12-31(13-3-1)48-52-49(54-50(53-48)35-24-26-39-38-17-5-9-23-46(38)56-47(39)30-35)34-15-10-14-32(28-34)33-25-27-43-45(29-33)55-44-22-8-7-20-42(44)51(43)40-19-6-4-16-36(40)37-18-11-21-41(37)51/h1-20,22-30,36,40,48H,21H2,(H,52,53,54)/t36?,40?,48?,51-/m1/s1. The van der Waals surface area contributed by atoms with E-state index >= 15 is 0 Å². The monoisotopic (exact) mass is 737 g/mol. The van der Waals surface area contributed by atoms with E-state index in [2.05, 4.69) is 175 Å². The van der Waals surface area contributed by atoms with E-state index in [1.165, 1.54) is 42.4 Å². The number of allylic oxidation sites excluding steroid dienone is 8. The number of rotatable bonds is 4. The van der Waals surface area contributed by atoms with Crippen molar-refractivity contribution >= 4 is 43.2 Å². The second-order valence-electron chi connectivity index (χ2n) is 15.2. The largest absolute Gasteiger partial charge is 0.457 e. The average molecular weight is 738 g/mol. The lowest BCUT2D eigenvalue weighted by molar-refractivity contribution is 0.355. The summed E-state index contributed by atoms with van der Waals surface area (Å²) >= 11 is 1.81. The van der Waals surface area contributed by atoms with Gasteiger partial charge in [0.15, 0.2) is 5.84 Å². The van der Waals surface area contributed by atoms with Gasteiger partial charge in [-0.25, -0.2) is 9.98 Å². The molecule has 4 nitrogen and oxygen atoms in total. The summed E-state index contributed by atoms with van der Waals surface area (Å²) in [4.78, 5) is 10.4. The van der Waals surface area contributed by atoms with Gasteiger partial charge >= 0.3 is 0 Å². The topological polar surface area (TPSA) is 46.0 Å². The van der Waals surface area contributed by atoms with E-state index in [9.17, 15) is 0 Å². The second-order valence-corrected chi connectivity index (χ2v) is 16.3. The van der Waals surface area contributed by atoms with Gasteiger partial charge < -0.3 is 10.1 Å². The number of thiophene rings is 1. The maximum absolute atomic E-state index is 6.84. The van der Waals surface area contributed by atoms with Gasteiger partial charge in [-0.3, -0.25) is 0 Å². The predicted molar refractivity (Wildman–Crippen MR) is 230 cm³/mol. The number of ether oxygens (including phenoxy) is 1. The molecule has 4 atom stereocenters. The lowest BCUT2D eigenvalue weighted by Gasteiger charge is -2.44. The summed E-state index contributed by atoms with van der Waals surface area (Å²) in [5, 5.41) is 6.23. The fraction of sp³-hybridized carbons (Fsp3) is 0.0980. The molecule has 3 heterocycles. The summed E-state index contributed by atoms with van der Waals surface area (Å²) < 4.78 is 9.36. The first-order valence-corrected chi connectivity index (χ1v) is 20.2. The van der Waals surface area contributed by atoms with E-state index in [0.717, 1.165) is 57.4 Å². The Balaban J connectivity index is 0.953. The van der Waals surface area contributed by atoms with Crippen LogP contribution in [0.25, 0.3) is 31.3 Å². The van der Waals surface area contributed by atoms with E-state index in [1.807, 2.05) is 17.4 Å². The normalized spacial score (nSPS) is 22.7. The zero-order valence-electron chi connectivity index (χ0n) is 30.4. The maximum atomic E-state index is 6.84. The Kier molecular flexibility index (Phi) is 6.93. The van der Waals surface area contributed by atoms with Crippen LogP contribution in [0.2, 0.25) is 0 Å². The zero-order chi connectivity index (χ0) is 36.8. The Hall–Kier alpha value is -6.56. The molecule has 0 saturated carbocycles. The molecule has 0 bridgehead atoms. The molecule has 2 aliphatic heterocycles. The predicted octanol–water partition coefficient (Wildman–Crippen LogP) is 12.2. The Morgan fingerprint density at radius 2 is 1.43 bits per heavy atom. The van der Waals surface area contributed by atoms with Gasteiger partial charge in [-0.05, 0) is 64.6 Å². The summed E-state index contributed by atoms with van der Waals surface area (Å²) in [6, 6.07) is 49.9. The molecule has 1 N–H and O–H groups in total. The van der Waals surface area contributed by atoms with Gasteiger partial charge in [0.05, 0.1) is 5.41 Å². The fourth-order valence-corrected chi connectivity index (χ4v) is 11.1. The quantitative estimate of drug-likeness (QED) is 0.195. The number of benzene rings is 6. The third kappa shape index (κ3) is 4.64. The van der Waals surface area contributed by atoms with Crippen molar-refractivity contribution in [2.24, 2.45) is 21.8 Å². The van der Waals surface area contributed by atoms with Crippen LogP contribution in [0.4, 0.5) is 0 Å². The molecule has 0 fully saturated rings. The van der Waals surface area contributed by atoms with E-state index in [0.29, 0.717) is 11.8 Å². The first kappa shape index (κ1) is 31.8. The molecule has 12 rings (SSSR count). The molecule has 3 aliphatic carbocycles. The molecular formula is C51H35N3OS. The molecule has 0 amide bonds. The molecule has 5 aliphatic rings. The summed E-state index contributed by atoms with van der Waals surface area (Å²) in [6.45, 7) is 0. The number of hydrogen-bond acceptors (Lipinski definition) is 5. The number of para-hydroxylation sites is 1. The lowest BCUT2D eigenvalue weighted by Crippen LogP contribution is -2.39. The van der Waals surface area contributed by atoms with E-state index < -0.39 is 0 Å². The minimum Gasteiger partial charge on any atom is -0.457 e. The van der Waals surface area contributed by atoms with Crippen LogP contribution in [0, 0.1) is 11.8 Å². The molecule has 5 heteroatoms. The molecule has 3 unspecified atom stereocenters. The van der Waals surface area contributed by atoms with Gasteiger partial charge in [-0.1, -0.05) is 146 Å². The highest BCUT2D eigenvalue weighted by Crippen LogP contribution is 2.65. The molecule has 266 valence electrons. The van der Waals surface area contributed by atoms with Gasteiger partial charge in [0.2, 0.25) is 0 Å². The van der Waals surface area contributed by atoms with E-state index in [1.54, 1.807) is 0 Å². The van der Waals surface area contributed by atoms with Crippen molar-refractivity contribution in [3.63, 3.8) is 0 Å². The first-order valence-electron chi connectivity index (χ1n) is 19.4. The maximum Gasteiger partial charge on any atom is 0.159 e. The zero-order valence-corrected chi connectivity index (χ0v) is 31.2. The summed E-state index contributed by atoms with van der Waals surface area (Å²) in [7, 11) is 0. The number of amidine groups is 2. The van der Waals surface area contributed by atoms with Crippen LogP contribution in [0.1, 0.15) is 40.4 Å². The van der Waals surface area contributed by atoms with Gasteiger partial charge in [0.1, 0.15) is 23.5 Å². The van der Waals surface area contributed by atoms with Crippen molar-refractivity contribution in [2.45, 2.75) is 18.0 Å². The fourth-order valence-electron chi connectivity index (χ4n) is 9.93. The summed E-state index contributed by atoms with van der Waals surface area (Å²) in [6.07, 6.45) is 14.7. The van der Waals surface area contributed by atoms with Crippen LogP contribution >= 0.6 is 11.3 Å². The SMILES string of the molecule is C1=CC2C3=C(CC=C3)[C@@]3(c4ccccc4Oc4cc(-c5cccc(C6=NC(c7ccc8c(c7)sc7ccccc78)=NC(c7ccccc7)N6)c5)ccc43)C2C=C1. The van der Waals surface area contributed by atoms with Crippen LogP contribution in [0.3, 0.4) is 0 Å². The van der Waals surface area contributed by atoms with Crippen LogP contribution < -0.4 is 10.1 Å². The van der Waals surface area contributed by atoms with E-state index in [4.69, 9.17) is 14.7 Å². The highest BCUT2D eigenvalue weighted by atomic mass is 32.1. The van der Waals surface area contributed by atoms with E-state index in [-0.39, 0.29) is 11.6 Å². The van der Waals surface area contributed by atoms with Crippen LogP contribution in [-0.2, 0) is 5.41 Å². The minimum absolute atomic E-state index is 0.281. The molecule has 0 radical (unpaired) electrons. The Bertz CT molecular complexity index is 2980. The van der Waals surface area contributed by atoms with Crippen molar-refractivity contribution in [3.8, 4) is 22.6 Å². The summed E-state index contributed by atoms with van der Waals surface area (Å²) in [5.41, 5.74) is 10.5. The highest BCUT2D eigenvalue weighted by molar-refractivity contribution is 7.25. The van der Waals surface area contributed by atoms with Gasteiger partial charge in [0.25, 0.3) is 0 Å². The molecule has 0 saturated heterocycles. The van der Waals surface area contributed by atoms with Crippen molar-refractivity contribution in [2.75, 3.05) is 0 Å². The van der Waals surface area contributed by atoms with Crippen molar-refractivity contribution in [1.29, 1.82) is 0 Å². The lowest BCUT2D eigenvalue weighted by atomic mass is 9.60. The number of fused-ring (bicyclic) bond motifs is 11. The average Bonchev–Trinajstić information content (AvgIpc) is 3.97. The van der Waals surface area contributed by atoms with Crippen molar-refractivity contribution < 1.29 is 4.74 Å². The number of nitrogens with zero attached hydrogens (tertiary/aromatic N) is 2. The van der Waals surface area contributed by atoms with Crippen molar-refractivity contribution in [1.82, 2.24) is 5.32 Å². The Morgan fingerprint density at radius 3 is 2.39 bits per heavy atom. The molecule has 6 aromatic carbocycles. The molecule has 56 heavy (non-hydrogen) atoms. The molecule has 1 aromatic heterocycles. The van der Waals surface area contributed by atoms with Gasteiger partial charge in [-0.2, -0.15) is 0 Å². The van der Waals surface area contributed by atoms with Crippen molar-refractivity contribution in [3.05, 3.63) is 215 Å².